The summed E-state index contributed by atoms with van der Waals surface area (Å²) in [7, 11) is 0. The number of hydrogen-bond donors (Lipinski definition) is 1. The highest BCUT2D eigenvalue weighted by Crippen LogP contribution is 2.19. The van der Waals surface area contributed by atoms with Gasteiger partial charge in [-0.2, -0.15) is 0 Å². The number of carbonyl (C=O) groups is 1. The first-order chi connectivity index (χ1) is 11.6. The number of hydrogen-bond acceptors (Lipinski definition) is 3. The Labute approximate surface area is 143 Å². The molecule has 0 unspecified atom stereocenters. The van der Waals surface area contributed by atoms with Crippen LogP contribution in [0.5, 0.6) is 11.5 Å². The molecule has 0 aromatic heterocycles. The number of carbonyl (C=O) groups excluding carboxylic acids is 1. The van der Waals surface area contributed by atoms with Gasteiger partial charge in [-0.1, -0.05) is 42.8 Å². The predicted molar refractivity (Wildman–Crippen MR) is 95.6 cm³/mol. The Hall–Kier alpha value is -2.49. The summed E-state index contributed by atoms with van der Waals surface area (Å²) in [6.07, 6.45) is 0.326. The second-order valence-corrected chi connectivity index (χ2v) is 5.67. The van der Waals surface area contributed by atoms with Crippen LogP contribution in [0, 0.1) is 6.92 Å². The first-order valence-electron chi connectivity index (χ1n) is 8.32. The van der Waals surface area contributed by atoms with E-state index in [1.54, 1.807) is 6.92 Å². The Morgan fingerprint density at radius 2 is 1.83 bits per heavy atom. The first kappa shape index (κ1) is 17.9. The monoisotopic (exact) mass is 327 g/mol. The van der Waals surface area contributed by atoms with Crippen molar-refractivity contribution in [2.24, 2.45) is 0 Å². The van der Waals surface area contributed by atoms with Crippen LogP contribution in [-0.4, -0.2) is 25.2 Å². The van der Waals surface area contributed by atoms with Crippen LogP contribution in [0.4, 0.5) is 0 Å². The molecule has 4 nitrogen and oxygen atoms in total. The molecule has 2 aromatic rings. The van der Waals surface area contributed by atoms with Crippen LogP contribution in [0.25, 0.3) is 0 Å². The van der Waals surface area contributed by atoms with Gasteiger partial charge in [-0.3, -0.25) is 4.79 Å². The largest absolute Gasteiger partial charge is 0.492 e. The van der Waals surface area contributed by atoms with Gasteiger partial charge in [-0.25, -0.2) is 0 Å². The zero-order valence-electron chi connectivity index (χ0n) is 14.5. The molecule has 0 fully saturated rings. The number of para-hydroxylation sites is 1. The fourth-order valence-corrected chi connectivity index (χ4v) is 2.28. The molecular weight excluding hydrogens is 302 g/mol. The fourth-order valence-electron chi connectivity index (χ4n) is 2.28. The molecule has 24 heavy (non-hydrogen) atoms. The molecule has 0 spiro atoms. The van der Waals surface area contributed by atoms with Crippen LogP contribution in [0.1, 0.15) is 25.0 Å². The maximum Gasteiger partial charge on any atom is 0.260 e. The van der Waals surface area contributed by atoms with Crippen molar-refractivity contribution in [3.05, 3.63) is 59.7 Å². The second-order valence-electron chi connectivity index (χ2n) is 5.67. The smallest absolute Gasteiger partial charge is 0.260 e. The molecule has 1 atom stereocenters. The summed E-state index contributed by atoms with van der Waals surface area (Å²) >= 11 is 0. The number of benzene rings is 2. The molecule has 0 aliphatic carbocycles. The topological polar surface area (TPSA) is 47.6 Å². The predicted octanol–water partition coefficient (Wildman–Crippen LogP) is 3.52. The second kappa shape index (κ2) is 8.96. The van der Waals surface area contributed by atoms with Gasteiger partial charge in [-0.15, -0.1) is 0 Å². The first-order valence-corrected chi connectivity index (χ1v) is 8.32. The van der Waals surface area contributed by atoms with E-state index in [-0.39, 0.29) is 5.91 Å². The molecule has 1 amide bonds. The van der Waals surface area contributed by atoms with E-state index < -0.39 is 6.10 Å². The third-order valence-electron chi connectivity index (χ3n) is 3.72. The Morgan fingerprint density at radius 3 is 2.54 bits per heavy atom. The van der Waals surface area contributed by atoms with E-state index >= 15 is 0 Å². The molecule has 2 aromatic carbocycles. The minimum Gasteiger partial charge on any atom is -0.492 e. The van der Waals surface area contributed by atoms with Gasteiger partial charge in [0.25, 0.3) is 5.91 Å². The summed E-state index contributed by atoms with van der Waals surface area (Å²) in [5, 5.41) is 2.83. The highest BCUT2D eigenvalue weighted by atomic mass is 16.5. The van der Waals surface area contributed by atoms with Gasteiger partial charge in [0.1, 0.15) is 18.1 Å². The van der Waals surface area contributed by atoms with Gasteiger partial charge in [0.2, 0.25) is 0 Å². The average molecular weight is 327 g/mol. The summed E-state index contributed by atoms with van der Waals surface area (Å²) in [6.45, 7) is 6.71. The van der Waals surface area contributed by atoms with Crippen molar-refractivity contribution in [1.29, 1.82) is 0 Å². The SMILES string of the molecule is CCc1ccccc1O[C@@H](C)C(=O)NCCOc1ccc(C)cc1. The average Bonchev–Trinajstić information content (AvgIpc) is 2.60. The van der Waals surface area contributed by atoms with Crippen molar-refractivity contribution >= 4 is 5.91 Å². The van der Waals surface area contributed by atoms with Gasteiger partial charge in [0, 0.05) is 0 Å². The van der Waals surface area contributed by atoms with Gasteiger partial charge in [0.05, 0.1) is 6.54 Å². The summed E-state index contributed by atoms with van der Waals surface area (Å²) in [6, 6.07) is 15.6. The molecule has 128 valence electrons. The van der Waals surface area contributed by atoms with Crippen LogP contribution in [0.15, 0.2) is 48.5 Å². The quantitative estimate of drug-likeness (QED) is 0.755. The maximum atomic E-state index is 12.1. The molecule has 1 N–H and O–H groups in total. The van der Waals surface area contributed by atoms with Crippen molar-refractivity contribution in [3.8, 4) is 11.5 Å². The highest BCUT2D eigenvalue weighted by Gasteiger charge is 2.15. The van der Waals surface area contributed by atoms with Gasteiger partial charge < -0.3 is 14.8 Å². The molecular formula is C20H25NO3. The van der Waals surface area contributed by atoms with E-state index in [1.165, 1.54) is 5.56 Å². The molecule has 0 aliphatic heterocycles. The zero-order chi connectivity index (χ0) is 17.4. The maximum absolute atomic E-state index is 12.1. The lowest BCUT2D eigenvalue weighted by Crippen LogP contribution is -2.38. The van der Waals surface area contributed by atoms with Crippen molar-refractivity contribution in [3.63, 3.8) is 0 Å². The number of amides is 1. The Balaban J connectivity index is 1.74. The minimum atomic E-state index is -0.544. The lowest BCUT2D eigenvalue weighted by molar-refractivity contribution is -0.127. The van der Waals surface area contributed by atoms with Gasteiger partial charge >= 0.3 is 0 Å². The molecule has 2 rings (SSSR count). The van der Waals surface area contributed by atoms with E-state index in [9.17, 15) is 4.79 Å². The molecule has 0 radical (unpaired) electrons. The Morgan fingerprint density at radius 1 is 1.12 bits per heavy atom. The molecule has 0 saturated carbocycles. The molecule has 0 aliphatic rings. The van der Waals surface area contributed by atoms with Gasteiger partial charge in [-0.05, 0) is 44.0 Å². The van der Waals surface area contributed by atoms with Crippen molar-refractivity contribution in [2.45, 2.75) is 33.3 Å². The summed E-state index contributed by atoms with van der Waals surface area (Å²) in [4.78, 5) is 12.1. The Bertz CT molecular complexity index is 652. The summed E-state index contributed by atoms with van der Waals surface area (Å²) in [5.74, 6) is 1.42. The lowest BCUT2D eigenvalue weighted by Gasteiger charge is -2.17. The number of rotatable bonds is 8. The van der Waals surface area contributed by atoms with E-state index in [1.807, 2.05) is 55.5 Å². The standard InChI is InChI=1S/C20H25NO3/c1-4-17-7-5-6-8-19(17)24-16(3)20(22)21-13-14-23-18-11-9-15(2)10-12-18/h5-12,16H,4,13-14H2,1-3H3,(H,21,22)/t16-/m0/s1. The third-order valence-corrected chi connectivity index (χ3v) is 3.72. The normalized spacial score (nSPS) is 11.6. The van der Waals surface area contributed by atoms with E-state index in [4.69, 9.17) is 9.47 Å². The van der Waals surface area contributed by atoms with Crippen LogP contribution in [0.3, 0.4) is 0 Å². The van der Waals surface area contributed by atoms with Crippen molar-refractivity contribution < 1.29 is 14.3 Å². The molecule has 0 heterocycles. The summed E-state index contributed by atoms with van der Waals surface area (Å²) < 4.78 is 11.4. The Kier molecular flexibility index (Phi) is 6.67. The number of nitrogens with one attached hydrogen (secondary N) is 1. The van der Waals surface area contributed by atoms with Crippen LogP contribution in [0.2, 0.25) is 0 Å². The lowest BCUT2D eigenvalue weighted by atomic mass is 10.1. The minimum absolute atomic E-state index is 0.145. The van der Waals surface area contributed by atoms with E-state index in [0.29, 0.717) is 13.2 Å². The zero-order valence-corrected chi connectivity index (χ0v) is 14.5. The van der Waals surface area contributed by atoms with Gasteiger partial charge in [0.15, 0.2) is 6.10 Å². The summed E-state index contributed by atoms with van der Waals surface area (Å²) in [5.41, 5.74) is 2.29. The van der Waals surface area contributed by atoms with Crippen molar-refractivity contribution in [1.82, 2.24) is 5.32 Å². The fraction of sp³-hybridized carbons (Fsp3) is 0.350. The van der Waals surface area contributed by atoms with E-state index in [0.717, 1.165) is 23.5 Å². The van der Waals surface area contributed by atoms with Crippen LogP contribution in [-0.2, 0) is 11.2 Å². The number of aryl methyl sites for hydroxylation is 2. The van der Waals surface area contributed by atoms with E-state index in [2.05, 4.69) is 12.2 Å². The molecule has 0 bridgehead atoms. The molecule has 0 saturated heterocycles. The van der Waals surface area contributed by atoms with Crippen LogP contribution >= 0.6 is 0 Å². The molecule has 4 heteroatoms. The highest BCUT2D eigenvalue weighted by molar-refractivity contribution is 5.80. The number of ether oxygens (including phenoxy) is 2. The van der Waals surface area contributed by atoms with Crippen molar-refractivity contribution in [2.75, 3.05) is 13.2 Å². The van der Waals surface area contributed by atoms with Crippen LogP contribution < -0.4 is 14.8 Å². The third kappa shape index (κ3) is 5.30.